The van der Waals surface area contributed by atoms with Crippen LogP contribution in [0.15, 0.2) is 52.8 Å². The summed E-state index contributed by atoms with van der Waals surface area (Å²) in [5, 5.41) is 10.5. The van der Waals surface area contributed by atoms with Crippen molar-refractivity contribution in [3.8, 4) is 5.88 Å². The fraction of sp³-hybridized carbons (Fsp3) is 0.211. The van der Waals surface area contributed by atoms with Gasteiger partial charge in [-0.1, -0.05) is 17.7 Å². The monoisotopic (exact) mass is 454 g/mol. The molecule has 31 heavy (non-hydrogen) atoms. The number of aromatic nitrogens is 3. The summed E-state index contributed by atoms with van der Waals surface area (Å²) in [7, 11) is 0. The zero-order valence-electron chi connectivity index (χ0n) is 16.0. The Hall–Kier alpha value is -3.34. The highest BCUT2D eigenvalue weighted by Crippen LogP contribution is 2.33. The van der Waals surface area contributed by atoms with Gasteiger partial charge in [-0.3, -0.25) is 0 Å². The summed E-state index contributed by atoms with van der Waals surface area (Å²) >= 11 is 5.93. The summed E-state index contributed by atoms with van der Waals surface area (Å²) in [6.07, 6.45) is -3.25. The summed E-state index contributed by atoms with van der Waals surface area (Å²) < 4.78 is 57.3. The molecule has 162 valence electrons. The molecule has 0 unspecified atom stereocenters. The Morgan fingerprint density at radius 3 is 2.61 bits per heavy atom. The molecular formula is C19H15ClF4N6O. The van der Waals surface area contributed by atoms with Crippen molar-refractivity contribution in [3.05, 3.63) is 64.7 Å². The zero-order chi connectivity index (χ0) is 22.4. The van der Waals surface area contributed by atoms with Gasteiger partial charge in [0.05, 0.1) is 18.7 Å². The molecule has 3 aromatic rings. The van der Waals surface area contributed by atoms with Gasteiger partial charge >= 0.3 is 6.18 Å². The Labute approximate surface area is 179 Å². The second-order valence-electron chi connectivity index (χ2n) is 6.03. The van der Waals surface area contributed by atoms with E-state index in [4.69, 9.17) is 16.3 Å². The highest BCUT2D eigenvalue weighted by atomic mass is 35.5. The third kappa shape index (κ3) is 6.32. The Morgan fingerprint density at radius 1 is 1.13 bits per heavy atom. The van der Waals surface area contributed by atoms with E-state index < -0.39 is 17.6 Å². The van der Waals surface area contributed by atoms with Gasteiger partial charge in [-0.05, 0) is 30.7 Å². The third-order valence-corrected chi connectivity index (χ3v) is 3.92. The van der Waals surface area contributed by atoms with Crippen molar-refractivity contribution in [1.82, 2.24) is 15.0 Å². The van der Waals surface area contributed by atoms with Crippen LogP contribution in [-0.2, 0) is 12.7 Å². The molecule has 3 rings (SSSR count). The topological polar surface area (TPSA) is 84.7 Å². The first kappa shape index (κ1) is 22.3. The number of nitrogens with one attached hydrogen (secondary N) is 1. The molecule has 0 aliphatic rings. The summed E-state index contributed by atoms with van der Waals surface area (Å²) in [6, 6.07) is 7.24. The van der Waals surface area contributed by atoms with Crippen LogP contribution in [0, 0.1) is 5.82 Å². The summed E-state index contributed by atoms with van der Waals surface area (Å²) in [6.45, 7) is 2.54. The molecule has 0 saturated carbocycles. The number of halogens is 5. The maximum absolute atomic E-state index is 13.4. The van der Waals surface area contributed by atoms with Crippen LogP contribution >= 0.6 is 11.6 Å². The molecule has 2 heterocycles. The van der Waals surface area contributed by atoms with E-state index in [1.807, 2.05) is 6.92 Å². The average molecular weight is 455 g/mol. The van der Waals surface area contributed by atoms with Gasteiger partial charge in [-0.25, -0.2) is 9.37 Å². The second kappa shape index (κ2) is 9.65. The van der Waals surface area contributed by atoms with E-state index in [9.17, 15) is 17.6 Å². The molecule has 0 amide bonds. The summed E-state index contributed by atoms with van der Waals surface area (Å²) in [4.78, 5) is 12.0. The molecule has 0 fully saturated rings. The normalized spacial score (nSPS) is 11.7. The van der Waals surface area contributed by atoms with E-state index in [2.05, 4.69) is 30.5 Å². The minimum absolute atomic E-state index is 0.00709. The molecule has 1 N–H and O–H groups in total. The number of rotatable bonds is 7. The Balaban J connectivity index is 1.72. The fourth-order valence-electron chi connectivity index (χ4n) is 2.40. The van der Waals surface area contributed by atoms with Crippen LogP contribution in [0.1, 0.15) is 18.1 Å². The molecule has 7 nitrogen and oxygen atoms in total. The predicted molar refractivity (Wildman–Crippen MR) is 105 cm³/mol. The van der Waals surface area contributed by atoms with Crippen molar-refractivity contribution in [2.24, 2.45) is 10.2 Å². The van der Waals surface area contributed by atoms with Gasteiger partial charge in [-0.2, -0.15) is 28.3 Å². The maximum atomic E-state index is 13.4. The molecule has 12 heteroatoms. The van der Waals surface area contributed by atoms with Crippen molar-refractivity contribution in [2.45, 2.75) is 19.6 Å². The number of hydrogen-bond donors (Lipinski definition) is 1. The smallest absolute Gasteiger partial charge is 0.419 e. The van der Waals surface area contributed by atoms with Crippen molar-refractivity contribution < 1.29 is 22.3 Å². The van der Waals surface area contributed by atoms with Gasteiger partial charge < -0.3 is 10.1 Å². The number of anilines is 2. The number of nitrogens with zero attached hydrogens (tertiary/aromatic N) is 5. The maximum Gasteiger partial charge on any atom is 0.419 e. The molecular weight excluding hydrogens is 440 g/mol. The standard InChI is InChI=1S/C19H15ClF4N6O/c1-2-31-17-6-3-11(9-25-17)10-26-30-18-28-15(20)8-16(29-18)27-12-4-5-14(21)13(7-12)19(22,23)24/h3-9H,2,10H2,1H3,(H,27,28,29). The SMILES string of the molecule is CCOc1ccc(CN=Nc2nc(Cl)cc(Nc3ccc(F)c(C(F)(F)F)c3)n2)cn1. The lowest BCUT2D eigenvalue weighted by molar-refractivity contribution is -0.139. The number of alkyl halides is 3. The lowest BCUT2D eigenvalue weighted by Gasteiger charge is -2.11. The average Bonchev–Trinajstić information content (AvgIpc) is 2.70. The summed E-state index contributed by atoms with van der Waals surface area (Å²) in [5.41, 5.74) is -0.674. The molecule has 1 aromatic carbocycles. The Kier molecular flexibility index (Phi) is 6.95. The first-order valence-electron chi connectivity index (χ1n) is 8.88. The van der Waals surface area contributed by atoms with Gasteiger partial charge in [-0.15, -0.1) is 5.11 Å². The van der Waals surface area contributed by atoms with E-state index in [0.717, 1.165) is 11.6 Å². The van der Waals surface area contributed by atoms with Gasteiger partial charge in [0.2, 0.25) is 5.88 Å². The number of hydrogen-bond acceptors (Lipinski definition) is 7. The van der Waals surface area contributed by atoms with Crippen molar-refractivity contribution in [3.63, 3.8) is 0 Å². The Bertz CT molecular complexity index is 1080. The van der Waals surface area contributed by atoms with E-state index in [-0.39, 0.29) is 29.2 Å². The van der Waals surface area contributed by atoms with Crippen LogP contribution in [0.5, 0.6) is 5.88 Å². The molecule has 0 atom stereocenters. The fourth-order valence-corrected chi connectivity index (χ4v) is 2.58. The van der Waals surface area contributed by atoms with E-state index in [1.54, 1.807) is 18.3 Å². The van der Waals surface area contributed by atoms with Gasteiger partial charge in [0.1, 0.15) is 16.8 Å². The molecule has 0 radical (unpaired) electrons. The second-order valence-corrected chi connectivity index (χ2v) is 6.42. The molecule has 0 saturated heterocycles. The molecule has 0 bridgehead atoms. The van der Waals surface area contributed by atoms with Crippen molar-refractivity contribution >= 4 is 29.1 Å². The van der Waals surface area contributed by atoms with Crippen LogP contribution in [-0.4, -0.2) is 21.6 Å². The highest BCUT2D eigenvalue weighted by molar-refractivity contribution is 6.29. The number of azo groups is 1. The molecule has 0 aliphatic heterocycles. The van der Waals surface area contributed by atoms with Crippen LogP contribution in [0.4, 0.5) is 35.0 Å². The number of ether oxygens (including phenoxy) is 1. The minimum Gasteiger partial charge on any atom is -0.478 e. The van der Waals surface area contributed by atoms with Crippen LogP contribution in [0.2, 0.25) is 5.15 Å². The lowest BCUT2D eigenvalue weighted by Crippen LogP contribution is -2.08. The zero-order valence-corrected chi connectivity index (χ0v) is 16.7. The number of benzene rings is 1. The lowest BCUT2D eigenvalue weighted by atomic mass is 10.2. The van der Waals surface area contributed by atoms with Crippen molar-refractivity contribution in [1.29, 1.82) is 0 Å². The minimum atomic E-state index is -4.83. The quantitative estimate of drug-likeness (QED) is 0.264. The van der Waals surface area contributed by atoms with Gasteiger partial charge in [0.25, 0.3) is 5.95 Å². The number of pyridine rings is 1. The molecule has 2 aromatic heterocycles. The van der Waals surface area contributed by atoms with Crippen LogP contribution in [0.25, 0.3) is 0 Å². The van der Waals surface area contributed by atoms with E-state index >= 15 is 0 Å². The first-order chi connectivity index (χ1) is 14.7. The highest BCUT2D eigenvalue weighted by Gasteiger charge is 2.34. The van der Waals surface area contributed by atoms with Crippen molar-refractivity contribution in [2.75, 3.05) is 11.9 Å². The summed E-state index contributed by atoms with van der Waals surface area (Å²) in [5.74, 6) is -0.924. The predicted octanol–water partition coefficient (Wildman–Crippen LogP) is 6.11. The molecule has 0 aliphatic carbocycles. The first-order valence-corrected chi connectivity index (χ1v) is 9.26. The molecule has 0 spiro atoms. The van der Waals surface area contributed by atoms with Gasteiger partial charge in [0.15, 0.2) is 0 Å². The van der Waals surface area contributed by atoms with Crippen LogP contribution in [0.3, 0.4) is 0 Å². The third-order valence-electron chi connectivity index (χ3n) is 3.73. The largest absolute Gasteiger partial charge is 0.478 e. The Morgan fingerprint density at radius 2 is 1.94 bits per heavy atom. The van der Waals surface area contributed by atoms with Crippen LogP contribution < -0.4 is 10.1 Å². The van der Waals surface area contributed by atoms with Gasteiger partial charge in [0, 0.05) is 24.0 Å². The van der Waals surface area contributed by atoms with E-state index in [1.165, 1.54) is 6.07 Å². The van der Waals surface area contributed by atoms with E-state index in [0.29, 0.717) is 24.6 Å².